The van der Waals surface area contributed by atoms with Gasteiger partial charge in [0.25, 0.3) is 0 Å². The van der Waals surface area contributed by atoms with Crippen LogP contribution in [0.5, 0.6) is 0 Å². The third kappa shape index (κ3) is 3.13. The van der Waals surface area contributed by atoms with E-state index in [0.29, 0.717) is 17.4 Å². The van der Waals surface area contributed by atoms with Crippen molar-refractivity contribution in [1.29, 1.82) is 0 Å². The first-order chi connectivity index (χ1) is 10.1. The molecule has 1 aromatic carbocycles. The summed E-state index contributed by atoms with van der Waals surface area (Å²) in [6.45, 7) is -0.203. The van der Waals surface area contributed by atoms with Crippen LogP contribution in [0.2, 0.25) is 0 Å². The van der Waals surface area contributed by atoms with E-state index in [1.54, 1.807) is 24.3 Å². The molecular formula is C16H19NO3S. The van der Waals surface area contributed by atoms with Crippen molar-refractivity contribution >= 4 is 10.0 Å². The average Bonchev–Trinajstić information content (AvgIpc) is 3.07. The van der Waals surface area contributed by atoms with Crippen LogP contribution in [-0.2, 0) is 10.0 Å². The first kappa shape index (κ1) is 14.6. The zero-order valence-corrected chi connectivity index (χ0v) is 12.6. The summed E-state index contributed by atoms with van der Waals surface area (Å²) in [6, 6.07) is 6.56. The van der Waals surface area contributed by atoms with E-state index in [-0.39, 0.29) is 17.5 Å². The Morgan fingerprint density at radius 2 is 1.95 bits per heavy atom. The van der Waals surface area contributed by atoms with E-state index in [1.165, 1.54) is 12.8 Å². The Morgan fingerprint density at radius 1 is 1.19 bits per heavy atom. The molecule has 4 nitrogen and oxygen atoms in total. The Bertz CT molecular complexity index is 670. The van der Waals surface area contributed by atoms with Crippen molar-refractivity contribution in [3.63, 3.8) is 0 Å². The van der Waals surface area contributed by atoms with Gasteiger partial charge in [-0.25, -0.2) is 13.1 Å². The van der Waals surface area contributed by atoms with Crippen molar-refractivity contribution < 1.29 is 13.5 Å². The van der Waals surface area contributed by atoms with Crippen LogP contribution in [0.25, 0.3) is 0 Å². The van der Waals surface area contributed by atoms with Gasteiger partial charge < -0.3 is 5.11 Å². The summed E-state index contributed by atoms with van der Waals surface area (Å²) in [4.78, 5) is 0.278. The molecule has 0 amide bonds. The highest BCUT2D eigenvalue weighted by atomic mass is 32.2. The molecule has 3 atom stereocenters. The zero-order valence-electron chi connectivity index (χ0n) is 11.7. The van der Waals surface area contributed by atoms with Gasteiger partial charge in [0, 0.05) is 11.6 Å². The second-order valence-corrected chi connectivity index (χ2v) is 7.60. The predicted octanol–water partition coefficient (Wildman–Crippen LogP) is 1.50. The third-order valence-corrected chi connectivity index (χ3v) is 6.03. The summed E-state index contributed by atoms with van der Waals surface area (Å²) in [5, 5.41) is 8.64. The SMILES string of the molecule is O=S(=O)(NC1CC2CCC1C2)c1ccc(C#CCO)cc1. The lowest BCUT2D eigenvalue weighted by atomic mass is 9.96. The van der Waals surface area contributed by atoms with E-state index in [2.05, 4.69) is 16.6 Å². The second kappa shape index (κ2) is 5.80. The fourth-order valence-corrected chi connectivity index (χ4v) is 4.83. The fraction of sp³-hybridized carbons (Fsp3) is 0.500. The Hall–Kier alpha value is -1.35. The van der Waals surface area contributed by atoms with Crippen LogP contribution < -0.4 is 4.72 Å². The van der Waals surface area contributed by atoms with Crippen molar-refractivity contribution in [3.05, 3.63) is 29.8 Å². The van der Waals surface area contributed by atoms with Crippen molar-refractivity contribution in [2.45, 2.75) is 36.6 Å². The van der Waals surface area contributed by atoms with Crippen molar-refractivity contribution in [1.82, 2.24) is 4.72 Å². The molecule has 21 heavy (non-hydrogen) atoms. The molecule has 0 spiro atoms. The Morgan fingerprint density at radius 3 is 2.52 bits per heavy atom. The zero-order chi connectivity index (χ0) is 14.9. The molecule has 0 aliphatic heterocycles. The topological polar surface area (TPSA) is 66.4 Å². The van der Waals surface area contributed by atoms with Gasteiger partial charge in [-0.1, -0.05) is 18.3 Å². The molecule has 5 heteroatoms. The van der Waals surface area contributed by atoms with Gasteiger partial charge in [-0.05, 0) is 55.4 Å². The number of fused-ring (bicyclic) bond motifs is 2. The molecule has 0 heterocycles. The van der Waals surface area contributed by atoms with E-state index in [1.807, 2.05) is 0 Å². The molecule has 2 N–H and O–H groups in total. The van der Waals surface area contributed by atoms with Crippen molar-refractivity contribution in [3.8, 4) is 11.8 Å². The largest absolute Gasteiger partial charge is 0.384 e. The number of rotatable bonds is 3. The van der Waals surface area contributed by atoms with Crippen LogP contribution in [0.1, 0.15) is 31.2 Å². The van der Waals surface area contributed by atoms with Crippen LogP contribution in [0.4, 0.5) is 0 Å². The molecule has 0 radical (unpaired) electrons. The molecule has 1 aromatic rings. The smallest absolute Gasteiger partial charge is 0.240 e. The average molecular weight is 305 g/mol. The lowest BCUT2D eigenvalue weighted by molar-refractivity contribution is 0.350. The number of sulfonamides is 1. The number of hydrogen-bond donors (Lipinski definition) is 2. The van der Waals surface area contributed by atoms with E-state index >= 15 is 0 Å². The molecule has 2 aliphatic carbocycles. The molecule has 2 bridgehead atoms. The first-order valence-electron chi connectivity index (χ1n) is 7.30. The predicted molar refractivity (Wildman–Crippen MR) is 80.0 cm³/mol. The van der Waals surface area contributed by atoms with Gasteiger partial charge in [-0.15, -0.1) is 0 Å². The normalized spacial score (nSPS) is 27.4. The summed E-state index contributed by atoms with van der Waals surface area (Å²) < 4.78 is 27.7. The van der Waals surface area contributed by atoms with E-state index < -0.39 is 10.0 Å². The van der Waals surface area contributed by atoms with Crippen LogP contribution in [-0.4, -0.2) is 26.2 Å². The minimum Gasteiger partial charge on any atom is -0.384 e. The highest BCUT2D eigenvalue weighted by molar-refractivity contribution is 7.89. The second-order valence-electron chi connectivity index (χ2n) is 5.89. The van der Waals surface area contributed by atoms with Crippen molar-refractivity contribution in [2.75, 3.05) is 6.61 Å². The maximum Gasteiger partial charge on any atom is 0.240 e. The van der Waals surface area contributed by atoms with Crippen LogP contribution >= 0.6 is 0 Å². The van der Waals surface area contributed by atoms with Crippen LogP contribution in [0.15, 0.2) is 29.2 Å². The van der Waals surface area contributed by atoms with Gasteiger partial charge >= 0.3 is 0 Å². The third-order valence-electron chi connectivity index (χ3n) is 4.52. The number of hydrogen-bond acceptors (Lipinski definition) is 3. The molecular weight excluding hydrogens is 286 g/mol. The minimum atomic E-state index is -3.45. The number of aliphatic hydroxyl groups is 1. The van der Waals surface area contributed by atoms with E-state index in [4.69, 9.17) is 5.11 Å². The minimum absolute atomic E-state index is 0.0996. The maximum absolute atomic E-state index is 12.4. The Balaban J connectivity index is 1.72. The van der Waals surface area contributed by atoms with E-state index in [9.17, 15) is 8.42 Å². The number of nitrogens with one attached hydrogen (secondary N) is 1. The molecule has 3 unspecified atom stereocenters. The molecule has 0 saturated heterocycles. The number of benzene rings is 1. The first-order valence-corrected chi connectivity index (χ1v) is 8.79. The molecule has 2 saturated carbocycles. The van der Waals surface area contributed by atoms with Gasteiger partial charge in [-0.3, -0.25) is 0 Å². The highest BCUT2D eigenvalue weighted by Crippen LogP contribution is 2.44. The maximum atomic E-state index is 12.4. The monoisotopic (exact) mass is 305 g/mol. The highest BCUT2D eigenvalue weighted by Gasteiger charge is 2.41. The van der Waals surface area contributed by atoms with Gasteiger partial charge in [-0.2, -0.15) is 0 Å². The van der Waals surface area contributed by atoms with Crippen molar-refractivity contribution in [2.24, 2.45) is 11.8 Å². The summed E-state index contributed by atoms with van der Waals surface area (Å²) in [5.74, 6) is 6.51. The quantitative estimate of drug-likeness (QED) is 0.832. The summed E-state index contributed by atoms with van der Waals surface area (Å²) in [7, 11) is -3.45. The fourth-order valence-electron chi connectivity index (χ4n) is 3.52. The lowest BCUT2D eigenvalue weighted by Gasteiger charge is -2.22. The number of aliphatic hydroxyl groups excluding tert-OH is 1. The summed E-state index contributed by atoms with van der Waals surface area (Å²) in [5.41, 5.74) is 0.697. The summed E-state index contributed by atoms with van der Waals surface area (Å²) >= 11 is 0. The Kier molecular flexibility index (Phi) is 4.03. The van der Waals surface area contributed by atoms with Crippen LogP contribution in [0, 0.1) is 23.7 Å². The van der Waals surface area contributed by atoms with Crippen LogP contribution in [0.3, 0.4) is 0 Å². The standard InChI is InChI=1S/C16H19NO3S/c18-9-1-2-12-4-7-15(8-5-12)21(19,20)17-16-11-13-3-6-14(16)10-13/h4-5,7-8,13-14,16-18H,3,6,9-11H2. The van der Waals surface area contributed by atoms with Gasteiger partial charge in [0.2, 0.25) is 10.0 Å². The summed E-state index contributed by atoms with van der Waals surface area (Å²) in [6.07, 6.45) is 4.54. The molecule has 0 aromatic heterocycles. The Labute approximate surface area is 125 Å². The molecule has 2 aliphatic rings. The van der Waals surface area contributed by atoms with Gasteiger partial charge in [0.05, 0.1) is 4.90 Å². The molecule has 3 rings (SSSR count). The van der Waals surface area contributed by atoms with Gasteiger partial charge in [0.15, 0.2) is 0 Å². The van der Waals surface area contributed by atoms with Gasteiger partial charge in [0.1, 0.15) is 6.61 Å². The molecule has 2 fully saturated rings. The van der Waals surface area contributed by atoms with E-state index in [0.717, 1.165) is 12.8 Å². The molecule has 112 valence electrons. The lowest BCUT2D eigenvalue weighted by Crippen LogP contribution is -2.38.